The Balaban J connectivity index is 3.94. The number of amides is 1. The molecule has 6 heteroatoms. The van der Waals surface area contributed by atoms with E-state index in [1.54, 1.807) is 6.26 Å². The Morgan fingerprint density at radius 1 is 1.40 bits per heavy atom. The van der Waals surface area contributed by atoms with Crippen molar-refractivity contribution in [1.82, 2.24) is 5.32 Å². The lowest BCUT2D eigenvalue weighted by molar-refractivity contribution is -0.153. The molecular formula is C9H17NO4S. The van der Waals surface area contributed by atoms with Crippen molar-refractivity contribution in [2.75, 3.05) is 18.6 Å². The number of carboxylic acids is 1. The Morgan fingerprint density at radius 3 is 2.33 bits per heavy atom. The summed E-state index contributed by atoms with van der Waals surface area (Å²) in [7, 11) is -0.878. The van der Waals surface area contributed by atoms with Crippen LogP contribution in [-0.4, -0.2) is 39.7 Å². The molecule has 0 aromatic rings. The number of nitrogens with one attached hydrogen (secondary N) is 1. The third-order valence-electron chi connectivity index (χ3n) is 2.00. The van der Waals surface area contributed by atoms with Crippen LogP contribution in [0.4, 0.5) is 0 Å². The summed E-state index contributed by atoms with van der Waals surface area (Å²) in [5.74, 6) is -1.16. The van der Waals surface area contributed by atoms with Crippen LogP contribution in [0.5, 0.6) is 0 Å². The van der Waals surface area contributed by atoms with Gasteiger partial charge in [-0.15, -0.1) is 0 Å². The molecule has 1 amide bonds. The molecule has 0 bridgehead atoms. The van der Waals surface area contributed by atoms with E-state index in [1.807, 2.05) is 0 Å². The summed E-state index contributed by atoms with van der Waals surface area (Å²) in [6.07, 6.45) is 2.17. The van der Waals surface area contributed by atoms with Gasteiger partial charge in [-0.3, -0.25) is 13.8 Å². The maximum absolute atomic E-state index is 11.4. The van der Waals surface area contributed by atoms with Gasteiger partial charge in [-0.2, -0.15) is 0 Å². The molecule has 0 saturated carbocycles. The van der Waals surface area contributed by atoms with Gasteiger partial charge in [0, 0.05) is 29.4 Å². The highest BCUT2D eigenvalue weighted by atomic mass is 32.2. The first-order valence-electron chi connectivity index (χ1n) is 4.60. The second-order valence-electron chi connectivity index (χ2n) is 3.82. The Hall–Kier alpha value is -0.910. The van der Waals surface area contributed by atoms with Gasteiger partial charge >= 0.3 is 5.97 Å². The first-order chi connectivity index (χ1) is 6.78. The van der Waals surface area contributed by atoms with Gasteiger partial charge in [0.25, 0.3) is 0 Å². The average Bonchev–Trinajstić information content (AvgIpc) is 2.11. The molecule has 0 aliphatic heterocycles. The van der Waals surface area contributed by atoms with Crippen LogP contribution in [0.1, 0.15) is 20.3 Å². The quantitative estimate of drug-likeness (QED) is 0.500. The van der Waals surface area contributed by atoms with Crippen molar-refractivity contribution in [3.8, 4) is 0 Å². The molecular weight excluding hydrogens is 218 g/mol. The van der Waals surface area contributed by atoms with Crippen LogP contribution in [0, 0.1) is 5.41 Å². The number of carbonyl (C=O) groups excluding carboxylic acids is 1. The Bertz CT molecular complexity index is 275. The maximum Gasteiger partial charge on any atom is 0.318 e. The fraction of sp³-hybridized carbons (Fsp3) is 0.778. The third-order valence-corrected chi connectivity index (χ3v) is 2.86. The van der Waals surface area contributed by atoms with Crippen molar-refractivity contribution in [1.29, 1.82) is 0 Å². The zero-order valence-electron chi connectivity index (χ0n) is 9.20. The highest BCUT2D eigenvalue weighted by Gasteiger charge is 2.35. The average molecular weight is 235 g/mol. The van der Waals surface area contributed by atoms with Crippen molar-refractivity contribution in [2.24, 2.45) is 5.41 Å². The van der Waals surface area contributed by atoms with Crippen LogP contribution in [0.3, 0.4) is 0 Å². The molecule has 0 spiro atoms. The van der Waals surface area contributed by atoms with Gasteiger partial charge in [-0.05, 0) is 20.3 Å². The number of hydrogen-bond donors (Lipinski definition) is 2. The molecule has 0 aliphatic rings. The van der Waals surface area contributed by atoms with Crippen molar-refractivity contribution in [3.05, 3.63) is 0 Å². The van der Waals surface area contributed by atoms with Crippen LogP contribution in [0.15, 0.2) is 0 Å². The lowest BCUT2D eigenvalue weighted by atomic mass is 9.93. The van der Waals surface area contributed by atoms with Crippen molar-refractivity contribution < 1.29 is 18.9 Å². The van der Waals surface area contributed by atoms with Crippen molar-refractivity contribution in [3.63, 3.8) is 0 Å². The zero-order chi connectivity index (χ0) is 12.1. The molecule has 0 heterocycles. The molecule has 0 aromatic heterocycles. The molecule has 15 heavy (non-hydrogen) atoms. The van der Waals surface area contributed by atoms with E-state index in [1.165, 1.54) is 13.8 Å². The monoisotopic (exact) mass is 235 g/mol. The standard InChI is InChI=1S/C9H17NO4S/c1-9(2,8(12)13)7(11)10-5-4-6-15(3)14/h4-6H2,1-3H3,(H,10,11)(H,12,13). The van der Waals surface area contributed by atoms with Gasteiger partial charge < -0.3 is 10.4 Å². The summed E-state index contributed by atoms with van der Waals surface area (Å²) in [6, 6.07) is 0. The van der Waals surface area contributed by atoms with E-state index in [4.69, 9.17) is 5.11 Å². The van der Waals surface area contributed by atoms with Crippen molar-refractivity contribution >= 4 is 22.7 Å². The van der Waals surface area contributed by atoms with Gasteiger partial charge in [-0.25, -0.2) is 0 Å². The van der Waals surface area contributed by atoms with E-state index >= 15 is 0 Å². The topological polar surface area (TPSA) is 83.5 Å². The number of aliphatic carboxylic acids is 1. The fourth-order valence-electron chi connectivity index (χ4n) is 0.795. The molecule has 88 valence electrons. The lowest BCUT2D eigenvalue weighted by Crippen LogP contribution is -2.42. The summed E-state index contributed by atoms with van der Waals surface area (Å²) in [4.78, 5) is 22.1. The summed E-state index contributed by atoms with van der Waals surface area (Å²) >= 11 is 0. The van der Waals surface area contributed by atoms with Crippen LogP contribution in [-0.2, 0) is 20.4 Å². The van der Waals surface area contributed by atoms with Crippen LogP contribution in [0.2, 0.25) is 0 Å². The minimum Gasteiger partial charge on any atom is -0.480 e. The molecule has 1 unspecified atom stereocenters. The van der Waals surface area contributed by atoms with E-state index in [-0.39, 0.29) is 0 Å². The molecule has 5 nitrogen and oxygen atoms in total. The summed E-state index contributed by atoms with van der Waals surface area (Å²) in [6.45, 7) is 3.06. The van der Waals surface area contributed by atoms with Gasteiger partial charge in [0.05, 0.1) is 0 Å². The summed E-state index contributed by atoms with van der Waals surface area (Å²) < 4.78 is 10.7. The summed E-state index contributed by atoms with van der Waals surface area (Å²) in [5, 5.41) is 11.3. The summed E-state index contributed by atoms with van der Waals surface area (Å²) in [5.41, 5.74) is -1.41. The number of hydrogen-bond acceptors (Lipinski definition) is 3. The van der Waals surface area contributed by atoms with E-state index < -0.39 is 28.1 Å². The molecule has 1 atom stereocenters. The maximum atomic E-state index is 11.4. The van der Waals surface area contributed by atoms with Crippen LogP contribution in [0.25, 0.3) is 0 Å². The lowest BCUT2D eigenvalue weighted by Gasteiger charge is -2.18. The highest BCUT2D eigenvalue weighted by Crippen LogP contribution is 2.14. The molecule has 2 N–H and O–H groups in total. The fourth-order valence-corrected chi connectivity index (χ4v) is 1.35. The molecule has 0 fully saturated rings. The van der Waals surface area contributed by atoms with E-state index in [9.17, 15) is 13.8 Å². The van der Waals surface area contributed by atoms with Gasteiger partial charge in [0.15, 0.2) is 0 Å². The highest BCUT2D eigenvalue weighted by molar-refractivity contribution is 7.84. The first-order valence-corrected chi connectivity index (χ1v) is 6.33. The SMILES string of the molecule is CS(=O)CCCNC(=O)C(C)(C)C(=O)O. The largest absolute Gasteiger partial charge is 0.480 e. The Labute approximate surface area is 91.7 Å². The first kappa shape index (κ1) is 14.1. The number of carboxylic acid groups (broad SMARTS) is 1. The third kappa shape index (κ3) is 4.92. The number of rotatable bonds is 6. The van der Waals surface area contributed by atoms with E-state index in [2.05, 4.69) is 5.32 Å². The molecule has 0 radical (unpaired) electrons. The minimum atomic E-state index is -1.41. The van der Waals surface area contributed by atoms with Crippen LogP contribution < -0.4 is 5.32 Å². The van der Waals surface area contributed by atoms with Crippen LogP contribution >= 0.6 is 0 Å². The van der Waals surface area contributed by atoms with Gasteiger partial charge in [0.2, 0.25) is 5.91 Å². The normalized spacial score (nSPS) is 13.3. The minimum absolute atomic E-state index is 0.356. The van der Waals surface area contributed by atoms with Crippen molar-refractivity contribution in [2.45, 2.75) is 20.3 Å². The molecule has 0 aromatic carbocycles. The smallest absolute Gasteiger partial charge is 0.318 e. The molecule has 0 saturated heterocycles. The second-order valence-corrected chi connectivity index (χ2v) is 5.37. The molecule has 0 aliphatic carbocycles. The molecule has 0 rings (SSSR count). The van der Waals surface area contributed by atoms with E-state index in [0.717, 1.165) is 0 Å². The Kier molecular flexibility index (Phi) is 5.49. The second kappa shape index (κ2) is 5.85. The number of carbonyl (C=O) groups is 2. The predicted octanol–water partition coefficient (Wildman–Crippen LogP) is -0.0180. The van der Waals surface area contributed by atoms with Gasteiger partial charge in [-0.1, -0.05) is 0 Å². The zero-order valence-corrected chi connectivity index (χ0v) is 10.0. The van der Waals surface area contributed by atoms with Gasteiger partial charge in [0.1, 0.15) is 5.41 Å². The van der Waals surface area contributed by atoms with E-state index in [0.29, 0.717) is 18.7 Å². The Morgan fingerprint density at radius 2 is 1.93 bits per heavy atom. The predicted molar refractivity (Wildman–Crippen MR) is 58.0 cm³/mol.